The first-order valence-corrected chi connectivity index (χ1v) is 7.45. The zero-order valence-corrected chi connectivity index (χ0v) is 13.6. The van der Waals surface area contributed by atoms with Crippen LogP contribution in [0.4, 0.5) is 0 Å². The molecule has 12 nitrogen and oxygen atoms in total. The van der Waals surface area contributed by atoms with Gasteiger partial charge >= 0.3 is 5.97 Å². The lowest BCUT2D eigenvalue weighted by molar-refractivity contribution is -0.256. The van der Waals surface area contributed by atoms with Gasteiger partial charge in [-0.2, -0.15) is 0 Å². The van der Waals surface area contributed by atoms with Crippen LogP contribution in [-0.4, -0.2) is 98.3 Å². The van der Waals surface area contributed by atoms with Gasteiger partial charge in [-0.05, 0) is 6.08 Å². The highest BCUT2D eigenvalue weighted by Crippen LogP contribution is 2.23. The topological polar surface area (TPSA) is 203 Å². The Balaban J connectivity index is 3.03. The molecule has 0 aliphatic carbocycles. The SMILES string of the molecule is CC(=O)NC(C=O)C(O)C(OC1OC(C(=O)O)=CC(O)C1O)C(O)CO. The third-order valence-electron chi connectivity index (χ3n) is 3.48. The number of aliphatic hydroxyl groups is 5. The Morgan fingerprint density at radius 3 is 2.46 bits per heavy atom. The fourth-order valence-corrected chi connectivity index (χ4v) is 2.18. The minimum atomic E-state index is -1.90. The molecule has 0 saturated carbocycles. The van der Waals surface area contributed by atoms with Crippen molar-refractivity contribution in [3.63, 3.8) is 0 Å². The number of hydrogen-bond acceptors (Lipinski definition) is 10. The van der Waals surface area contributed by atoms with Crippen molar-refractivity contribution in [3.05, 3.63) is 11.8 Å². The molecule has 0 saturated heterocycles. The van der Waals surface area contributed by atoms with Crippen LogP contribution >= 0.6 is 0 Å². The average Bonchev–Trinajstić information content (AvgIpc) is 2.59. The molecular weight excluding hydrogens is 358 g/mol. The van der Waals surface area contributed by atoms with Gasteiger partial charge in [-0.25, -0.2) is 4.79 Å². The van der Waals surface area contributed by atoms with E-state index in [1.54, 1.807) is 0 Å². The van der Waals surface area contributed by atoms with E-state index in [1.807, 2.05) is 0 Å². The molecule has 12 heteroatoms. The summed E-state index contributed by atoms with van der Waals surface area (Å²) < 4.78 is 9.98. The maximum absolute atomic E-state index is 11.1. The predicted octanol–water partition coefficient (Wildman–Crippen LogP) is -4.16. The second-order valence-corrected chi connectivity index (χ2v) is 5.51. The molecule has 1 aliphatic rings. The van der Waals surface area contributed by atoms with Gasteiger partial charge in [0.15, 0.2) is 0 Å². The van der Waals surface area contributed by atoms with Crippen LogP contribution in [0.2, 0.25) is 0 Å². The quantitative estimate of drug-likeness (QED) is 0.191. The van der Waals surface area contributed by atoms with Crippen LogP contribution in [0, 0.1) is 0 Å². The number of amides is 1. The number of aldehydes is 1. The first kappa shape index (κ1) is 22.0. The molecule has 1 rings (SSSR count). The number of aliphatic hydroxyl groups excluding tert-OH is 5. The third kappa shape index (κ3) is 5.45. The zero-order valence-electron chi connectivity index (χ0n) is 13.6. The normalized spacial score (nSPS) is 27.3. The van der Waals surface area contributed by atoms with Crippen LogP contribution in [0.25, 0.3) is 0 Å². The summed E-state index contributed by atoms with van der Waals surface area (Å²) in [5.41, 5.74) is 0. The van der Waals surface area contributed by atoms with Gasteiger partial charge in [0.25, 0.3) is 0 Å². The van der Waals surface area contributed by atoms with Crippen molar-refractivity contribution in [1.82, 2.24) is 5.32 Å². The Bertz CT molecular complexity index is 551. The molecule has 1 heterocycles. The molecule has 0 aromatic heterocycles. The highest BCUT2D eigenvalue weighted by molar-refractivity contribution is 5.84. The fourth-order valence-electron chi connectivity index (χ4n) is 2.18. The Morgan fingerprint density at radius 1 is 1.38 bits per heavy atom. The minimum Gasteiger partial charge on any atom is -0.475 e. The molecule has 0 aromatic rings. The van der Waals surface area contributed by atoms with Crippen molar-refractivity contribution in [3.8, 4) is 0 Å². The summed E-state index contributed by atoms with van der Waals surface area (Å²) in [4.78, 5) is 33.1. The molecule has 7 unspecified atom stereocenters. The van der Waals surface area contributed by atoms with Crippen molar-refractivity contribution in [2.75, 3.05) is 6.61 Å². The summed E-state index contributed by atoms with van der Waals surface area (Å²) in [6.07, 6.45) is -9.96. The van der Waals surface area contributed by atoms with Crippen molar-refractivity contribution in [1.29, 1.82) is 0 Å². The van der Waals surface area contributed by atoms with E-state index in [2.05, 4.69) is 5.32 Å². The van der Waals surface area contributed by atoms with Crippen LogP contribution in [-0.2, 0) is 23.9 Å². The zero-order chi connectivity index (χ0) is 20.0. The lowest BCUT2D eigenvalue weighted by Crippen LogP contribution is -2.57. The minimum absolute atomic E-state index is 0.155. The first-order valence-electron chi connectivity index (χ1n) is 7.45. The van der Waals surface area contributed by atoms with Crippen LogP contribution in [0.3, 0.4) is 0 Å². The highest BCUT2D eigenvalue weighted by atomic mass is 16.7. The van der Waals surface area contributed by atoms with Crippen molar-refractivity contribution < 1.29 is 54.5 Å². The van der Waals surface area contributed by atoms with Gasteiger partial charge in [0.05, 0.1) is 6.61 Å². The standard InChI is InChI=1S/C14H21NO11/c1-5(18)15-6(3-16)10(21)12(8(20)4-17)26-14-11(22)7(19)2-9(25-14)13(23)24/h2-3,6-8,10-12,14,17,19-22H,4H2,1H3,(H,15,18)(H,23,24). The highest BCUT2D eigenvalue weighted by Gasteiger charge is 2.42. The second-order valence-electron chi connectivity index (χ2n) is 5.51. The van der Waals surface area contributed by atoms with E-state index in [4.69, 9.17) is 19.7 Å². The van der Waals surface area contributed by atoms with Crippen LogP contribution < -0.4 is 5.32 Å². The first-order chi connectivity index (χ1) is 12.1. The number of rotatable bonds is 9. The predicted molar refractivity (Wildman–Crippen MR) is 80.2 cm³/mol. The van der Waals surface area contributed by atoms with Crippen molar-refractivity contribution in [2.45, 2.75) is 49.8 Å². The van der Waals surface area contributed by atoms with E-state index in [0.717, 1.165) is 6.92 Å². The Morgan fingerprint density at radius 2 is 2.00 bits per heavy atom. The molecule has 148 valence electrons. The second kappa shape index (κ2) is 9.56. The molecule has 26 heavy (non-hydrogen) atoms. The van der Waals surface area contributed by atoms with Crippen LogP contribution in [0.1, 0.15) is 6.92 Å². The molecule has 7 N–H and O–H groups in total. The van der Waals surface area contributed by atoms with E-state index >= 15 is 0 Å². The Hall–Kier alpha value is -2.09. The molecule has 7 atom stereocenters. The number of carboxylic acids is 1. The molecule has 0 spiro atoms. The Labute approximate surface area is 147 Å². The van der Waals surface area contributed by atoms with E-state index in [-0.39, 0.29) is 6.29 Å². The smallest absolute Gasteiger partial charge is 0.371 e. The summed E-state index contributed by atoms with van der Waals surface area (Å²) in [5, 5.41) is 59.6. The van der Waals surface area contributed by atoms with Gasteiger partial charge < -0.3 is 50.2 Å². The number of nitrogens with one attached hydrogen (secondary N) is 1. The lowest BCUT2D eigenvalue weighted by Gasteiger charge is -2.36. The average molecular weight is 379 g/mol. The Kier molecular flexibility index (Phi) is 8.08. The van der Waals surface area contributed by atoms with Crippen LogP contribution in [0.5, 0.6) is 0 Å². The van der Waals surface area contributed by atoms with Gasteiger partial charge in [0, 0.05) is 6.92 Å². The molecule has 0 radical (unpaired) electrons. The number of carbonyl (C=O) groups excluding carboxylic acids is 2. The number of carboxylic acid groups (broad SMARTS) is 1. The van der Waals surface area contributed by atoms with Crippen LogP contribution in [0.15, 0.2) is 11.8 Å². The molecule has 0 fully saturated rings. The molecule has 0 aromatic carbocycles. The summed E-state index contributed by atoms with van der Waals surface area (Å²) in [6, 6.07) is -1.54. The van der Waals surface area contributed by atoms with E-state index in [1.165, 1.54) is 0 Å². The maximum Gasteiger partial charge on any atom is 0.371 e. The number of hydrogen-bond donors (Lipinski definition) is 7. The molecule has 0 bridgehead atoms. The molecular formula is C14H21NO11. The van der Waals surface area contributed by atoms with E-state index < -0.39 is 67.1 Å². The van der Waals surface area contributed by atoms with Crippen molar-refractivity contribution >= 4 is 18.2 Å². The number of ether oxygens (including phenoxy) is 2. The third-order valence-corrected chi connectivity index (χ3v) is 3.48. The molecule has 1 amide bonds. The summed E-state index contributed by atoms with van der Waals surface area (Å²) in [6.45, 7) is 0.121. The largest absolute Gasteiger partial charge is 0.475 e. The van der Waals surface area contributed by atoms with Crippen molar-refractivity contribution in [2.24, 2.45) is 0 Å². The van der Waals surface area contributed by atoms with Gasteiger partial charge in [-0.1, -0.05) is 0 Å². The number of carbonyl (C=O) groups is 3. The van der Waals surface area contributed by atoms with Gasteiger partial charge in [0.1, 0.15) is 42.8 Å². The lowest BCUT2D eigenvalue weighted by atomic mass is 10.0. The number of aliphatic carboxylic acids is 1. The van der Waals surface area contributed by atoms with Gasteiger partial charge in [-0.15, -0.1) is 0 Å². The maximum atomic E-state index is 11.1. The summed E-state index contributed by atoms with van der Waals surface area (Å²) in [5.74, 6) is -3.01. The van der Waals surface area contributed by atoms with E-state index in [9.17, 15) is 34.8 Å². The molecule has 1 aliphatic heterocycles. The summed E-state index contributed by atoms with van der Waals surface area (Å²) in [7, 11) is 0. The van der Waals surface area contributed by atoms with E-state index in [0.29, 0.717) is 6.08 Å². The van der Waals surface area contributed by atoms with Gasteiger partial charge in [-0.3, -0.25) is 4.79 Å². The van der Waals surface area contributed by atoms with Gasteiger partial charge in [0.2, 0.25) is 18.0 Å². The monoisotopic (exact) mass is 379 g/mol. The summed E-state index contributed by atoms with van der Waals surface area (Å²) >= 11 is 0. The fraction of sp³-hybridized carbons (Fsp3) is 0.643.